The van der Waals surface area contributed by atoms with Crippen LogP contribution in [0.4, 0.5) is 5.69 Å². The minimum Gasteiger partial charge on any atom is -0.325 e. The minimum atomic E-state index is -0.376. The lowest BCUT2D eigenvalue weighted by atomic mass is 10.1. The third kappa shape index (κ3) is 4.17. The molecule has 0 saturated carbocycles. The van der Waals surface area contributed by atoms with E-state index >= 15 is 0 Å². The second-order valence-corrected chi connectivity index (χ2v) is 10.8. The van der Waals surface area contributed by atoms with Crippen LogP contribution in [0.5, 0.6) is 0 Å². The number of hydrogen-bond donors (Lipinski definition) is 1. The number of thioether (sulfide) groups is 1. The van der Waals surface area contributed by atoms with Gasteiger partial charge in [0.1, 0.15) is 4.83 Å². The van der Waals surface area contributed by atoms with E-state index in [9.17, 15) is 9.59 Å². The van der Waals surface area contributed by atoms with E-state index in [4.69, 9.17) is 4.98 Å². The number of nitrogens with one attached hydrogen (secondary N) is 1. The molecule has 1 unspecified atom stereocenters. The highest BCUT2D eigenvalue weighted by Crippen LogP contribution is 2.36. The molecule has 3 aromatic rings. The largest absolute Gasteiger partial charge is 0.325 e. The lowest BCUT2D eigenvalue weighted by Gasteiger charge is -2.17. The first-order valence-electron chi connectivity index (χ1n) is 10.9. The predicted octanol–water partition coefficient (Wildman–Crippen LogP) is 5.40. The van der Waals surface area contributed by atoms with Crippen molar-refractivity contribution in [2.45, 2.75) is 77.3 Å². The van der Waals surface area contributed by atoms with E-state index in [-0.39, 0.29) is 16.7 Å². The zero-order valence-corrected chi connectivity index (χ0v) is 20.4. The van der Waals surface area contributed by atoms with Crippen LogP contribution < -0.4 is 10.9 Å². The van der Waals surface area contributed by atoms with E-state index in [0.29, 0.717) is 11.7 Å². The Hall–Kier alpha value is -2.12. The smallest absolute Gasteiger partial charge is 0.263 e. The zero-order chi connectivity index (χ0) is 22.3. The molecule has 4 rings (SSSR count). The molecule has 7 heteroatoms. The molecule has 1 aliphatic carbocycles. The first-order valence-corrected chi connectivity index (χ1v) is 12.6. The van der Waals surface area contributed by atoms with Gasteiger partial charge in [-0.15, -0.1) is 11.3 Å². The molecule has 2 heterocycles. The monoisotopic (exact) mass is 455 g/mol. The van der Waals surface area contributed by atoms with Gasteiger partial charge in [0.25, 0.3) is 5.56 Å². The molecule has 31 heavy (non-hydrogen) atoms. The third-order valence-corrected chi connectivity index (χ3v) is 8.09. The predicted molar refractivity (Wildman–Crippen MR) is 131 cm³/mol. The molecule has 0 radical (unpaired) electrons. The Bertz CT molecular complexity index is 1200. The summed E-state index contributed by atoms with van der Waals surface area (Å²) in [6.45, 7) is 10.6. The summed E-state index contributed by atoms with van der Waals surface area (Å²) in [4.78, 5) is 33.3. The van der Waals surface area contributed by atoms with E-state index in [1.807, 2.05) is 20.8 Å². The Kier molecular flexibility index (Phi) is 6.26. The van der Waals surface area contributed by atoms with Gasteiger partial charge in [0.15, 0.2) is 5.16 Å². The van der Waals surface area contributed by atoms with Gasteiger partial charge in [-0.3, -0.25) is 14.2 Å². The fraction of sp³-hybridized carbons (Fsp3) is 0.458. The van der Waals surface area contributed by atoms with E-state index in [1.54, 1.807) is 15.9 Å². The van der Waals surface area contributed by atoms with Crippen molar-refractivity contribution in [3.63, 3.8) is 0 Å². The number of rotatable bonds is 6. The molecule has 2 aromatic heterocycles. The highest BCUT2D eigenvalue weighted by molar-refractivity contribution is 8.00. The van der Waals surface area contributed by atoms with E-state index in [1.165, 1.54) is 27.8 Å². The molecule has 1 aliphatic rings. The molecule has 1 N–H and O–H groups in total. The molecule has 0 fully saturated rings. The first kappa shape index (κ1) is 22.1. The van der Waals surface area contributed by atoms with Gasteiger partial charge in [0, 0.05) is 17.1 Å². The van der Waals surface area contributed by atoms with Gasteiger partial charge >= 0.3 is 0 Å². The summed E-state index contributed by atoms with van der Waals surface area (Å²) in [5.74, 6) is -0.0777. The fourth-order valence-electron chi connectivity index (χ4n) is 4.38. The number of hydrogen-bond acceptors (Lipinski definition) is 5. The van der Waals surface area contributed by atoms with Crippen molar-refractivity contribution in [1.29, 1.82) is 0 Å². The molecule has 0 saturated heterocycles. The number of carbonyl (C=O) groups is 1. The number of amides is 1. The fourth-order valence-corrected chi connectivity index (χ4v) is 6.62. The zero-order valence-electron chi connectivity index (χ0n) is 18.8. The summed E-state index contributed by atoms with van der Waals surface area (Å²) >= 11 is 3.02. The maximum atomic E-state index is 13.3. The lowest BCUT2D eigenvalue weighted by molar-refractivity contribution is -0.115. The molecule has 0 aliphatic heterocycles. The van der Waals surface area contributed by atoms with Crippen molar-refractivity contribution in [3.05, 3.63) is 49.6 Å². The van der Waals surface area contributed by atoms with E-state index in [0.717, 1.165) is 52.7 Å². The van der Waals surface area contributed by atoms with Crippen LogP contribution in [0.2, 0.25) is 0 Å². The quantitative estimate of drug-likeness (QED) is 0.399. The molecule has 0 bridgehead atoms. The minimum absolute atomic E-state index is 0.0478. The SMILES string of the molecule is CCCn1c(SC(C)C(=O)Nc2c(C)cc(C)cc2C)nc2sc3c(c2c1=O)CCC3. The maximum absolute atomic E-state index is 13.3. The average Bonchev–Trinajstić information content (AvgIpc) is 3.28. The summed E-state index contributed by atoms with van der Waals surface area (Å²) < 4.78 is 1.77. The number of carbonyl (C=O) groups excluding carboxylic acids is 1. The summed E-state index contributed by atoms with van der Waals surface area (Å²) in [5.41, 5.74) is 5.41. The average molecular weight is 456 g/mol. The normalized spacial score (nSPS) is 14.1. The number of thiophene rings is 1. The number of benzene rings is 1. The van der Waals surface area contributed by atoms with Gasteiger partial charge < -0.3 is 5.32 Å². The summed E-state index contributed by atoms with van der Waals surface area (Å²) in [5, 5.41) is 4.15. The van der Waals surface area contributed by atoms with Crippen LogP contribution in [0.3, 0.4) is 0 Å². The van der Waals surface area contributed by atoms with Gasteiger partial charge in [0.05, 0.1) is 10.6 Å². The topological polar surface area (TPSA) is 64.0 Å². The van der Waals surface area contributed by atoms with Crippen LogP contribution in [-0.4, -0.2) is 20.7 Å². The van der Waals surface area contributed by atoms with Gasteiger partial charge in [0.2, 0.25) is 5.91 Å². The second-order valence-electron chi connectivity index (χ2n) is 8.41. The molecular formula is C24H29N3O2S2. The van der Waals surface area contributed by atoms with Gasteiger partial charge in [-0.05, 0) is 70.1 Å². The molecular weight excluding hydrogens is 426 g/mol. The van der Waals surface area contributed by atoms with Crippen molar-refractivity contribution in [1.82, 2.24) is 9.55 Å². The van der Waals surface area contributed by atoms with E-state index in [2.05, 4.69) is 31.3 Å². The van der Waals surface area contributed by atoms with Crippen LogP contribution >= 0.6 is 23.1 Å². The maximum Gasteiger partial charge on any atom is 0.263 e. The van der Waals surface area contributed by atoms with Crippen molar-refractivity contribution in [2.75, 3.05) is 5.32 Å². The Labute approximate surface area is 191 Å². The van der Waals surface area contributed by atoms with Gasteiger partial charge in [-0.1, -0.05) is 36.4 Å². The summed E-state index contributed by atoms with van der Waals surface area (Å²) in [7, 11) is 0. The molecule has 1 amide bonds. The Morgan fingerprint density at radius 3 is 2.65 bits per heavy atom. The standard InChI is InChI=1S/C24H29N3O2S2/c1-6-10-27-23(29)19-17-8-7-9-18(17)31-22(19)26-24(27)30-16(5)21(28)25-20-14(3)11-13(2)12-15(20)4/h11-12,16H,6-10H2,1-5H3,(H,25,28). The molecule has 5 nitrogen and oxygen atoms in total. The van der Waals surface area contributed by atoms with Crippen molar-refractivity contribution in [3.8, 4) is 0 Å². The Morgan fingerprint density at radius 2 is 1.97 bits per heavy atom. The molecule has 164 valence electrons. The Morgan fingerprint density at radius 1 is 1.26 bits per heavy atom. The molecule has 0 spiro atoms. The van der Waals surface area contributed by atoms with Crippen LogP contribution in [0.25, 0.3) is 10.2 Å². The van der Waals surface area contributed by atoms with Crippen LogP contribution in [0.1, 0.15) is 53.8 Å². The number of fused-ring (bicyclic) bond motifs is 3. The highest BCUT2D eigenvalue weighted by atomic mass is 32.2. The summed E-state index contributed by atoms with van der Waals surface area (Å²) in [6.07, 6.45) is 3.98. The van der Waals surface area contributed by atoms with Gasteiger partial charge in [-0.25, -0.2) is 4.98 Å². The van der Waals surface area contributed by atoms with Crippen molar-refractivity contribution < 1.29 is 4.79 Å². The first-order chi connectivity index (χ1) is 14.8. The highest BCUT2D eigenvalue weighted by Gasteiger charge is 2.25. The van der Waals surface area contributed by atoms with Gasteiger partial charge in [-0.2, -0.15) is 0 Å². The second kappa shape index (κ2) is 8.79. The lowest BCUT2D eigenvalue weighted by Crippen LogP contribution is -2.27. The van der Waals surface area contributed by atoms with E-state index < -0.39 is 0 Å². The van der Waals surface area contributed by atoms with Crippen molar-refractivity contribution in [2.24, 2.45) is 0 Å². The molecule has 1 aromatic carbocycles. The Balaban J connectivity index is 1.64. The third-order valence-electron chi connectivity index (χ3n) is 5.81. The van der Waals surface area contributed by atoms with Crippen LogP contribution in [0.15, 0.2) is 22.1 Å². The number of aryl methyl sites for hydroxylation is 5. The van der Waals surface area contributed by atoms with Crippen molar-refractivity contribution >= 4 is 44.9 Å². The number of anilines is 1. The van der Waals surface area contributed by atoms with Crippen LogP contribution in [0, 0.1) is 20.8 Å². The molecule has 1 atom stereocenters. The summed E-state index contributed by atoms with van der Waals surface area (Å²) in [6, 6.07) is 4.15. The number of nitrogens with zero attached hydrogens (tertiary/aromatic N) is 2. The van der Waals surface area contributed by atoms with Crippen LogP contribution in [-0.2, 0) is 24.2 Å². The number of aromatic nitrogens is 2.